The number of nitrogens with zero attached hydrogens (tertiary/aromatic N) is 4. The van der Waals surface area contributed by atoms with Crippen molar-refractivity contribution in [2.45, 2.75) is 25.3 Å². The van der Waals surface area contributed by atoms with Crippen molar-refractivity contribution in [2.75, 3.05) is 25.7 Å². The van der Waals surface area contributed by atoms with Gasteiger partial charge >= 0.3 is 5.97 Å². The summed E-state index contributed by atoms with van der Waals surface area (Å²) in [6.07, 6.45) is 10.3. The molecule has 2 heterocycles. The Hall–Kier alpha value is -5.19. The summed E-state index contributed by atoms with van der Waals surface area (Å²) in [4.78, 5) is 32.4. The van der Waals surface area contributed by atoms with Gasteiger partial charge in [-0.25, -0.2) is 14.8 Å². The molecule has 5 N–H and O–H groups in total. The van der Waals surface area contributed by atoms with Crippen molar-refractivity contribution in [3.05, 3.63) is 88.6 Å². The molecule has 0 radical (unpaired) electrons. The third-order valence-electron chi connectivity index (χ3n) is 6.35. The number of hydrazone groups is 1. The molecule has 1 unspecified atom stereocenters. The Balaban J connectivity index is 1.62. The van der Waals surface area contributed by atoms with Crippen LogP contribution in [0.1, 0.15) is 46.7 Å². The van der Waals surface area contributed by atoms with Gasteiger partial charge in [-0.3, -0.25) is 4.79 Å². The highest BCUT2D eigenvalue weighted by Crippen LogP contribution is 2.35. The van der Waals surface area contributed by atoms with E-state index in [4.69, 9.17) is 26.0 Å². The van der Waals surface area contributed by atoms with Gasteiger partial charge in [0, 0.05) is 35.9 Å². The molecule has 0 aliphatic carbocycles. The maximum absolute atomic E-state index is 13.4. The number of ether oxygens (including phenoxy) is 2. The fourth-order valence-corrected chi connectivity index (χ4v) is 4.50. The maximum Gasteiger partial charge on any atom is 0.327 e. The van der Waals surface area contributed by atoms with Crippen LogP contribution < -0.4 is 20.9 Å². The van der Waals surface area contributed by atoms with Crippen molar-refractivity contribution in [3.63, 3.8) is 0 Å². The number of hydrogen-bond donors (Lipinski definition) is 3. The summed E-state index contributed by atoms with van der Waals surface area (Å²) in [6, 6.07) is 11.0. The Morgan fingerprint density at radius 3 is 2.65 bits per heavy atom. The lowest BCUT2D eigenvalue weighted by Crippen LogP contribution is -2.32. The molecule has 0 bridgehead atoms. The zero-order valence-electron chi connectivity index (χ0n) is 22.2. The normalized spacial score (nSPS) is 14.4. The van der Waals surface area contributed by atoms with E-state index in [2.05, 4.69) is 15.1 Å². The second kappa shape index (κ2) is 12.6. The van der Waals surface area contributed by atoms with Crippen LogP contribution in [0.25, 0.3) is 6.08 Å². The van der Waals surface area contributed by atoms with Gasteiger partial charge in [0.05, 0.1) is 26.5 Å². The van der Waals surface area contributed by atoms with Crippen LogP contribution in [-0.4, -0.2) is 52.4 Å². The van der Waals surface area contributed by atoms with E-state index in [1.807, 2.05) is 36.4 Å². The number of nitrogen functional groups attached to an aromatic ring is 2. The number of carbonyl (C=O) groups excluding carboxylic acids is 1. The highest BCUT2D eigenvalue weighted by Gasteiger charge is 2.28. The number of carboxylic acids is 1. The van der Waals surface area contributed by atoms with Crippen LogP contribution in [0.15, 0.2) is 65.9 Å². The minimum atomic E-state index is -1.02. The minimum absolute atomic E-state index is 0.0925. The average molecular weight is 543 g/mol. The average Bonchev–Trinajstić information content (AvgIpc) is 2.94. The second-order valence-electron chi connectivity index (χ2n) is 8.96. The summed E-state index contributed by atoms with van der Waals surface area (Å²) in [5, 5.41) is 14.7. The number of fused-ring (bicyclic) bond motifs is 1. The molecule has 1 aromatic heterocycles. The molecular formula is C29H30N6O5. The number of aliphatic carboxylic acids is 1. The summed E-state index contributed by atoms with van der Waals surface area (Å²) in [7, 11) is 3.05. The van der Waals surface area contributed by atoms with Crippen LogP contribution in [0, 0.1) is 0 Å². The van der Waals surface area contributed by atoms with Crippen LogP contribution in [0.5, 0.6) is 11.5 Å². The summed E-state index contributed by atoms with van der Waals surface area (Å²) >= 11 is 0. The first-order valence-corrected chi connectivity index (χ1v) is 12.5. The number of carboxylic acid groups (broad SMARTS) is 1. The highest BCUT2D eigenvalue weighted by atomic mass is 16.5. The van der Waals surface area contributed by atoms with E-state index in [1.165, 1.54) is 25.3 Å². The summed E-state index contributed by atoms with van der Waals surface area (Å²) < 4.78 is 11.1. The number of nitrogens with two attached hydrogens (primary N) is 2. The topological polar surface area (TPSA) is 166 Å². The number of methoxy groups -OCH3 is 2. The van der Waals surface area contributed by atoms with E-state index in [1.54, 1.807) is 24.6 Å². The number of hydrogen-bond acceptors (Lipinski definition) is 9. The van der Waals surface area contributed by atoms with Crippen molar-refractivity contribution >= 4 is 35.9 Å². The molecule has 0 saturated heterocycles. The van der Waals surface area contributed by atoms with Gasteiger partial charge in [-0.15, -0.1) is 0 Å². The number of aromatic nitrogens is 2. The Kier molecular flexibility index (Phi) is 8.75. The molecular weight excluding hydrogens is 512 g/mol. The Morgan fingerprint density at radius 1 is 1.12 bits per heavy atom. The lowest BCUT2D eigenvalue weighted by Gasteiger charge is -2.31. The van der Waals surface area contributed by atoms with E-state index < -0.39 is 5.97 Å². The monoisotopic (exact) mass is 542 g/mol. The fourth-order valence-electron chi connectivity index (χ4n) is 4.50. The van der Waals surface area contributed by atoms with E-state index in [0.717, 1.165) is 22.8 Å². The van der Waals surface area contributed by atoms with Crippen LogP contribution in [0.2, 0.25) is 0 Å². The number of anilines is 2. The Labute approximate surface area is 231 Å². The van der Waals surface area contributed by atoms with Crippen LogP contribution in [0.3, 0.4) is 0 Å². The number of carbonyl (C=O) groups is 2. The first-order valence-electron chi connectivity index (χ1n) is 12.5. The molecule has 40 heavy (non-hydrogen) atoms. The molecule has 1 amide bonds. The van der Waals surface area contributed by atoms with Crippen molar-refractivity contribution in [1.29, 1.82) is 0 Å². The molecule has 3 aromatic rings. The van der Waals surface area contributed by atoms with Crippen molar-refractivity contribution in [3.8, 4) is 11.5 Å². The number of rotatable bonds is 10. The molecule has 0 fully saturated rings. The molecule has 1 aliphatic rings. The van der Waals surface area contributed by atoms with E-state index in [-0.39, 0.29) is 23.7 Å². The van der Waals surface area contributed by atoms with Crippen LogP contribution >= 0.6 is 0 Å². The standard InChI is InChI=1S/C29H30N6O5/c1-39-24-15-18(14-21-16-32-29(31)34-28(21)30)13-19(27(24)40-2)11-12-25(36)35-23(9-5-6-10-26(37)38)22-8-4-3-7-20(22)17-33-35/h3-4,6-8,10-13,15-17,23H,5,9,14H2,1-2H3,(H,37,38)(H4,30,31,32,34)/b10-6+,12-11+. The zero-order chi connectivity index (χ0) is 28.6. The molecule has 0 saturated carbocycles. The number of allylic oxidation sites excluding steroid dienone is 1. The van der Waals surface area contributed by atoms with Crippen molar-refractivity contribution in [1.82, 2.24) is 15.0 Å². The lowest BCUT2D eigenvalue weighted by atomic mass is 9.95. The van der Waals surface area contributed by atoms with Crippen molar-refractivity contribution < 1.29 is 24.2 Å². The van der Waals surface area contributed by atoms with Gasteiger partial charge in [0.25, 0.3) is 5.91 Å². The van der Waals surface area contributed by atoms with Gasteiger partial charge < -0.3 is 26.0 Å². The molecule has 11 nitrogen and oxygen atoms in total. The molecule has 1 aliphatic heterocycles. The third-order valence-corrected chi connectivity index (χ3v) is 6.35. The predicted octanol–water partition coefficient (Wildman–Crippen LogP) is 3.60. The first kappa shape index (κ1) is 27.8. The fraction of sp³-hybridized carbons (Fsp3) is 0.207. The zero-order valence-corrected chi connectivity index (χ0v) is 22.2. The maximum atomic E-state index is 13.4. The summed E-state index contributed by atoms with van der Waals surface area (Å²) in [6.45, 7) is 0. The van der Waals surface area contributed by atoms with E-state index in [0.29, 0.717) is 41.9 Å². The Bertz CT molecular complexity index is 1500. The predicted molar refractivity (Wildman–Crippen MR) is 152 cm³/mol. The van der Waals surface area contributed by atoms with Gasteiger partial charge in [0.15, 0.2) is 11.5 Å². The van der Waals surface area contributed by atoms with E-state index in [9.17, 15) is 9.59 Å². The highest BCUT2D eigenvalue weighted by molar-refractivity contribution is 5.95. The third kappa shape index (κ3) is 6.44. The molecule has 1 atom stereocenters. The lowest BCUT2D eigenvalue weighted by molar-refractivity contribution is -0.131. The van der Waals surface area contributed by atoms with Crippen molar-refractivity contribution in [2.24, 2.45) is 5.10 Å². The van der Waals surface area contributed by atoms with Gasteiger partial charge in [-0.2, -0.15) is 10.1 Å². The quantitative estimate of drug-likeness (QED) is 0.324. The molecule has 2 aromatic carbocycles. The molecule has 4 rings (SSSR count). The van der Waals surface area contributed by atoms with E-state index >= 15 is 0 Å². The van der Waals surface area contributed by atoms with Gasteiger partial charge in [0.2, 0.25) is 5.95 Å². The van der Waals surface area contributed by atoms with Gasteiger partial charge in [-0.1, -0.05) is 30.3 Å². The molecule has 11 heteroatoms. The number of benzene rings is 2. The van der Waals surface area contributed by atoms with Gasteiger partial charge in [-0.05, 0) is 47.7 Å². The molecule has 0 spiro atoms. The van der Waals surface area contributed by atoms with Crippen LogP contribution in [0.4, 0.5) is 11.8 Å². The number of amides is 1. The van der Waals surface area contributed by atoms with Crippen LogP contribution in [-0.2, 0) is 16.0 Å². The smallest absolute Gasteiger partial charge is 0.327 e. The van der Waals surface area contributed by atoms with Gasteiger partial charge in [0.1, 0.15) is 5.82 Å². The largest absolute Gasteiger partial charge is 0.493 e. The summed E-state index contributed by atoms with van der Waals surface area (Å²) in [5.41, 5.74) is 15.6. The SMILES string of the molecule is COc1cc(Cc2cnc(N)nc2N)cc(/C=C/C(=O)N2N=Cc3ccccc3C2CC/C=C/C(=O)O)c1OC. The Morgan fingerprint density at radius 2 is 1.93 bits per heavy atom. The second-order valence-corrected chi connectivity index (χ2v) is 8.96. The summed E-state index contributed by atoms with van der Waals surface area (Å²) in [5.74, 6) is -0.0524. The minimum Gasteiger partial charge on any atom is -0.493 e. The molecule has 206 valence electrons. The first-order chi connectivity index (χ1) is 19.3.